The molecule has 4 N–H and O–H groups in total. The molecule has 1 atom stereocenters. The number of para-hydroxylation sites is 2. The Labute approximate surface area is 200 Å². The summed E-state index contributed by atoms with van der Waals surface area (Å²) in [4.78, 5) is 20.7. The van der Waals surface area contributed by atoms with Gasteiger partial charge in [-0.15, -0.1) is 0 Å². The Bertz CT molecular complexity index is 1220. The minimum absolute atomic E-state index is 0.235. The number of imidazole rings is 1. The number of nitrogens with two attached hydrogens (primary N) is 1. The van der Waals surface area contributed by atoms with Crippen LogP contribution in [0.1, 0.15) is 52.7 Å². The first-order valence-electron chi connectivity index (χ1n) is 11.9. The molecule has 4 aromatic rings. The zero-order chi connectivity index (χ0) is 23.3. The summed E-state index contributed by atoms with van der Waals surface area (Å²) >= 11 is 0. The van der Waals surface area contributed by atoms with Crippen molar-refractivity contribution >= 4 is 11.0 Å². The van der Waals surface area contributed by atoms with E-state index < -0.39 is 0 Å². The minimum atomic E-state index is 0.235. The van der Waals surface area contributed by atoms with Gasteiger partial charge in [-0.3, -0.25) is 9.88 Å². The number of aromatic nitrogens is 3. The van der Waals surface area contributed by atoms with Crippen molar-refractivity contribution in [1.29, 1.82) is 0 Å². The van der Waals surface area contributed by atoms with Crippen LogP contribution in [0.4, 0.5) is 0 Å². The van der Waals surface area contributed by atoms with Gasteiger partial charge in [0.1, 0.15) is 5.82 Å². The van der Waals surface area contributed by atoms with Gasteiger partial charge in [-0.2, -0.15) is 5.48 Å². The van der Waals surface area contributed by atoms with Crippen molar-refractivity contribution < 1.29 is 4.84 Å². The molecule has 0 fully saturated rings. The molecular weight excluding hydrogens is 424 g/mol. The van der Waals surface area contributed by atoms with E-state index in [0.717, 1.165) is 53.8 Å². The van der Waals surface area contributed by atoms with Crippen LogP contribution in [0.2, 0.25) is 0 Å². The van der Waals surface area contributed by atoms with E-state index in [1.165, 1.54) is 16.8 Å². The van der Waals surface area contributed by atoms with Gasteiger partial charge in [0, 0.05) is 25.8 Å². The van der Waals surface area contributed by atoms with Crippen LogP contribution in [0.3, 0.4) is 0 Å². The lowest BCUT2D eigenvalue weighted by molar-refractivity contribution is 0.0867. The van der Waals surface area contributed by atoms with Crippen molar-refractivity contribution in [2.45, 2.75) is 51.5 Å². The molecule has 2 aromatic carbocycles. The van der Waals surface area contributed by atoms with Crippen molar-refractivity contribution in [3.8, 4) is 0 Å². The molecule has 0 saturated heterocycles. The summed E-state index contributed by atoms with van der Waals surface area (Å²) < 4.78 is 0. The van der Waals surface area contributed by atoms with Gasteiger partial charge >= 0.3 is 0 Å². The summed E-state index contributed by atoms with van der Waals surface area (Å²) in [5, 5.41) is 0. The van der Waals surface area contributed by atoms with Crippen molar-refractivity contribution in [2.75, 3.05) is 7.11 Å². The van der Waals surface area contributed by atoms with E-state index in [9.17, 15) is 0 Å². The number of benzene rings is 2. The van der Waals surface area contributed by atoms with Crippen LogP contribution in [0.15, 0.2) is 60.8 Å². The Balaban J connectivity index is 1.48. The van der Waals surface area contributed by atoms with E-state index in [-0.39, 0.29) is 6.04 Å². The monoisotopic (exact) mass is 456 g/mol. The number of aryl methyl sites for hydroxylation is 1. The summed E-state index contributed by atoms with van der Waals surface area (Å²) in [5.74, 6) is 0.972. The van der Waals surface area contributed by atoms with Gasteiger partial charge in [0.15, 0.2) is 0 Å². The molecular formula is C27H32N6O. The summed E-state index contributed by atoms with van der Waals surface area (Å²) in [6.07, 6.45) is 5.25. The summed E-state index contributed by atoms with van der Waals surface area (Å²) in [5.41, 5.74) is 17.3. The Hall–Kier alpha value is -3.10. The number of nitrogens with zero attached hydrogens (tertiary/aromatic N) is 3. The first kappa shape index (κ1) is 22.7. The van der Waals surface area contributed by atoms with E-state index in [0.29, 0.717) is 19.6 Å². The fourth-order valence-electron chi connectivity index (χ4n) is 5.00. The molecule has 176 valence electrons. The maximum atomic E-state index is 6.18. The highest BCUT2D eigenvalue weighted by molar-refractivity contribution is 5.74. The van der Waals surface area contributed by atoms with Crippen LogP contribution >= 0.6 is 0 Å². The standard InChI is InChI=1S/C27H32N6O/c1-34-30-16-19-11-12-21(22(14-19)15-28)17-33(18-26-31-23-8-2-3-9-24(23)32-26)25-10-4-6-20-7-5-13-29-27(20)25/h2-3,5,7-9,11-14,25,30H,4,6,10,15-18,28H2,1H3,(H,31,32). The molecule has 0 radical (unpaired) electrons. The van der Waals surface area contributed by atoms with E-state index in [2.05, 4.69) is 51.8 Å². The predicted octanol–water partition coefficient (Wildman–Crippen LogP) is 4.15. The van der Waals surface area contributed by atoms with Gasteiger partial charge < -0.3 is 15.6 Å². The van der Waals surface area contributed by atoms with E-state index >= 15 is 0 Å². The summed E-state index contributed by atoms with van der Waals surface area (Å²) in [6, 6.07) is 19.2. The van der Waals surface area contributed by atoms with E-state index in [1.807, 2.05) is 24.4 Å². The number of nitrogens with one attached hydrogen (secondary N) is 2. The van der Waals surface area contributed by atoms with Crippen molar-refractivity contribution in [2.24, 2.45) is 5.73 Å². The number of aromatic amines is 1. The normalized spacial score (nSPS) is 15.7. The van der Waals surface area contributed by atoms with Crippen LogP contribution in [-0.4, -0.2) is 27.0 Å². The predicted molar refractivity (Wildman–Crippen MR) is 133 cm³/mol. The molecule has 1 aliphatic carbocycles. The number of rotatable bonds is 9. The topological polar surface area (TPSA) is 92.1 Å². The number of H-pyrrole nitrogens is 1. The second-order valence-corrected chi connectivity index (χ2v) is 8.89. The third kappa shape index (κ3) is 4.88. The first-order chi connectivity index (χ1) is 16.7. The Kier molecular flexibility index (Phi) is 6.97. The molecule has 2 aromatic heterocycles. The zero-order valence-corrected chi connectivity index (χ0v) is 19.6. The number of hydroxylamine groups is 1. The van der Waals surface area contributed by atoms with Crippen molar-refractivity contribution in [3.63, 3.8) is 0 Å². The maximum Gasteiger partial charge on any atom is 0.121 e. The smallest absolute Gasteiger partial charge is 0.121 e. The summed E-state index contributed by atoms with van der Waals surface area (Å²) in [7, 11) is 1.63. The lowest BCUT2D eigenvalue weighted by Gasteiger charge is -2.35. The fourth-order valence-corrected chi connectivity index (χ4v) is 5.00. The number of hydrogen-bond donors (Lipinski definition) is 3. The Morgan fingerprint density at radius 1 is 1.12 bits per heavy atom. The third-order valence-electron chi connectivity index (χ3n) is 6.68. The van der Waals surface area contributed by atoms with Crippen molar-refractivity contribution in [3.05, 3.63) is 94.6 Å². The quantitative estimate of drug-likeness (QED) is 0.328. The second-order valence-electron chi connectivity index (χ2n) is 8.89. The summed E-state index contributed by atoms with van der Waals surface area (Å²) in [6.45, 7) is 2.63. The molecule has 2 heterocycles. The Morgan fingerprint density at radius 3 is 2.88 bits per heavy atom. The lowest BCUT2D eigenvalue weighted by Crippen LogP contribution is -2.32. The van der Waals surface area contributed by atoms with Gasteiger partial charge in [-0.25, -0.2) is 4.98 Å². The molecule has 0 saturated carbocycles. The maximum absolute atomic E-state index is 6.18. The molecule has 0 bridgehead atoms. The van der Waals surface area contributed by atoms with Gasteiger partial charge in [-0.1, -0.05) is 36.4 Å². The zero-order valence-electron chi connectivity index (χ0n) is 19.6. The first-order valence-corrected chi connectivity index (χ1v) is 11.9. The Morgan fingerprint density at radius 2 is 2.03 bits per heavy atom. The molecule has 0 aliphatic heterocycles. The van der Waals surface area contributed by atoms with Gasteiger partial charge in [0.2, 0.25) is 0 Å². The van der Waals surface area contributed by atoms with E-state index in [1.54, 1.807) is 7.11 Å². The van der Waals surface area contributed by atoms with Crippen LogP contribution in [-0.2, 0) is 37.4 Å². The van der Waals surface area contributed by atoms with Crippen molar-refractivity contribution in [1.82, 2.24) is 25.3 Å². The van der Waals surface area contributed by atoms with Crippen LogP contribution in [0.5, 0.6) is 0 Å². The molecule has 1 unspecified atom stereocenters. The van der Waals surface area contributed by atoms with Crippen LogP contribution < -0.4 is 11.2 Å². The van der Waals surface area contributed by atoms with Crippen LogP contribution in [0.25, 0.3) is 11.0 Å². The van der Waals surface area contributed by atoms with Crippen LogP contribution in [0, 0.1) is 0 Å². The highest BCUT2D eigenvalue weighted by Crippen LogP contribution is 2.35. The fraction of sp³-hybridized carbons (Fsp3) is 0.333. The molecule has 34 heavy (non-hydrogen) atoms. The highest BCUT2D eigenvalue weighted by Gasteiger charge is 2.28. The molecule has 7 nitrogen and oxygen atoms in total. The average molecular weight is 457 g/mol. The molecule has 7 heteroatoms. The van der Waals surface area contributed by atoms with E-state index in [4.69, 9.17) is 20.5 Å². The molecule has 0 amide bonds. The SMILES string of the molecule is CONCc1ccc(CN(Cc2nc3ccccc3[nH]2)C2CCCc3cccnc32)c(CN)c1. The number of fused-ring (bicyclic) bond motifs is 2. The third-order valence-corrected chi connectivity index (χ3v) is 6.68. The molecule has 0 spiro atoms. The average Bonchev–Trinajstić information content (AvgIpc) is 3.29. The number of pyridine rings is 1. The second kappa shape index (κ2) is 10.4. The van der Waals surface area contributed by atoms with Gasteiger partial charge in [0.05, 0.1) is 36.4 Å². The largest absolute Gasteiger partial charge is 0.341 e. The van der Waals surface area contributed by atoms with Gasteiger partial charge in [-0.05, 0) is 59.7 Å². The van der Waals surface area contributed by atoms with Gasteiger partial charge in [0.25, 0.3) is 0 Å². The lowest BCUT2D eigenvalue weighted by atomic mass is 9.90. The molecule has 5 rings (SSSR count). The molecule has 1 aliphatic rings. The minimum Gasteiger partial charge on any atom is -0.341 e. The number of hydrogen-bond acceptors (Lipinski definition) is 6. The highest BCUT2D eigenvalue weighted by atomic mass is 16.6.